The number of likely N-dealkylation sites (tertiary alicyclic amines) is 1. The fraction of sp³-hybridized carbons (Fsp3) is 0.704. The molecule has 0 aromatic heterocycles. The van der Waals surface area contributed by atoms with Crippen molar-refractivity contribution in [2.75, 3.05) is 45.2 Å². The van der Waals surface area contributed by atoms with E-state index in [2.05, 4.69) is 38.6 Å². The quantitative estimate of drug-likeness (QED) is 0.391. The number of likely N-dealkylation sites (N-methyl/N-ethyl adjacent to an activating group) is 1. The molecular weight excluding hydrogens is 478 g/mol. The summed E-state index contributed by atoms with van der Waals surface area (Å²) < 4.78 is 4.67. The Morgan fingerprint density at radius 1 is 1.19 bits per heavy atom. The van der Waals surface area contributed by atoms with E-state index in [1.807, 2.05) is 30.1 Å². The minimum Gasteiger partial charge on any atom is -0.453 e. The van der Waals surface area contributed by atoms with Crippen molar-refractivity contribution >= 4 is 29.4 Å². The fourth-order valence-corrected chi connectivity index (χ4v) is 6.03. The number of carbonyl (C=O) groups excluding carboxylic acids is 2. The van der Waals surface area contributed by atoms with Crippen molar-refractivity contribution < 1.29 is 14.3 Å². The maximum absolute atomic E-state index is 13.3. The van der Waals surface area contributed by atoms with Gasteiger partial charge in [0.1, 0.15) is 0 Å². The standard InChI is InChI=1S/C27H44ClN5O3/c1-20(25(29-2)21-10-5-4-6-11-21)31-26(34)32-16-8-14-24(19-32)33(17-9-15-30-27(35)36-3)23-13-7-12-22(28)18-23/h7,12-13,18,20-21,24-25,29H,4-6,8-11,14-17,19H2,1-3H3,(H,30,35)(H,31,34). The summed E-state index contributed by atoms with van der Waals surface area (Å²) in [6, 6.07) is 8.40. The van der Waals surface area contributed by atoms with Crippen LogP contribution >= 0.6 is 11.6 Å². The first kappa shape index (κ1) is 28.4. The molecule has 0 radical (unpaired) electrons. The van der Waals surface area contributed by atoms with Crippen LogP contribution in [-0.2, 0) is 4.74 Å². The molecule has 1 saturated heterocycles. The Kier molecular flexibility index (Phi) is 11.5. The van der Waals surface area contributed by atoms with Crippen molar-refractivity contribution in [1.29, 1.82) is 0 Å². The first-order valence-corrected chi connectivity index (χ1v) is 13.9. The van der Waals surface area contributed by atoms with E-state index in [9.17, 15) is 9.59 Å². The van der Waals surface area contributed by atoms with Gasteiger partial charge in [0, 0.05) is 55.0 Å². The number of nitrogens with zero attached hydrogens (tertiary/aromatic N) is 2. The maximum Gasteiger partial charge on any atom is 0.406 e. The van der Waals surface area contributed by atoms with E-state index in [-0.39, 0.29) is 18.1 Å². The second kappa shape index (κ2) is 14.5. The van der Waals surface area contributed by atoms with Crippen molar-refractivity contribution in [2.24, 2.45) is 5.92 Å². The Labute approximate surface area is 221 Å². The van der Waals surface area contributed by atoms with E-state index in [0.717, 1.165) is 38.0 Å². The summed E-state index contributed by atoms with van der Waals surface area (Å²) in [4.78, 5) is 29.0. The number of carbonyl (C=O) groups is 2. The Bertz CT molecular complexity index is 835. The molecule has 1 saturated carbocycles. The van der Waals surface area contributed by atoms with Gasteiger partial charge in [0.2, 0.25) is 0 Å². The lowest BCUT2D eigenvalue weighted by molar-refractivity contribution is 0.166. The molecule has 1 aromatic carbocycles. The molecule has 36 heavy (non-hydrogen) atoms. The van der Waals surface area contributed by atoms with Crippen LogP contribution in [0.4, 0.5) is 15.3 Å². The van der Waals surface area contributed by atoms with E-state index < -0.39 is 6.09 Å². The second-order valence-electron chi connectivity index (χ2n) is 10.1. The summed E-state index contributed by atoms with van der Waals surface area (Å²) in [5.74, 6) is 0.616. The Morgan fingerprint density at radius 3 is 2.67 bits per heavy atom. The number of benzene rings is 1. The molecule has 9 heteroatoms. The van der Waals surface area contributed by atoms with Gasteiger partial charge in [-0.25, -0.2) is 9.59 Å². The van der Waals surface area contributed by atoms with Gasteiger partial charge in [0.05, 0.1) is 7.11 Å². The summed E-state index contributed by atoms with van der Waals surface area (Å²) >= 11 is 6.31. The van der Waals surface area contributed by atoms with E-state index in [4.69, 9.17) is 11.6 Å². The molecule has 1 aliphatic heterocycles. The van der Waals surface area contributed by atoms with Crippen LogP contribution in [-0.4, -0.2) is 75.5 Å². The van der Waals surface area contributed by atoms with E-state index >= 15 is 0 Å². The summed E-state index contributed by atoms with van der Waals surface area (Å²) in [5.41, 5.74) is 1.04. The van der Waals surface area contributed by atoms with Crippen molar-refractivity contribution in [3.63, 3.8) is 0 Å². The van der Waals surface area contributed by atoms with Crippen molar-refractivity contribution in [3.05, 3.63) is 29.3 Å². The van der Waals surface area contributed by atoms with Gasteiger partial charge in [0.15, 0.2) is 0 Å². The Balaban J connectivity index is 1.62. The number of nitrogens with one attached hydrogen (secondary N) is 3. The van der Waals surface area contributed by atoms with E-state index in [1.165, 1.54) is 39.2 Å². The SMILES string of the molecule is CNC(C1CCCCC1)C(C)NC(=O)N1CCCC(N(CCCNC(=O)OC)c2cccc(Cl)c2)C1. The van der Waals surface area contributed by atoms with Crippen LogP contribution in [0.2, 0.25) is 5.02 Å². The van der Waals surface area contributed by atoms with Gasteiger partial charge in [-0.05, 0) is 70.2 Å². The number of rotatable bonds is 10. The lowest BCUT2D eigenvalue weighted by Gasteiger charge is -2.41. The van der Waals surface area contributed by atoms with Crippen LogP contribution in [0.1, 0.15) is 58.3 Å². The van der Waals surface area contributed by atoms with Crippen molar-refractivity contribution in [3.8, 4) is 0 Å². The van der Waals surface area contributed by atoms with Gasteiger partial charge in [-0.1, -0.05) is 36.9 Å². The van der Waals surface area contributed by atoms with Crippen LogP contribution in [0.15, 0.2) is 24.3 Å². The van der Waals surface area contributed by atoms with Gasteiger partial charge < -0.3 is 30.5 Å². The van der Waals surface area contributed by atoms with Gasteiger partial charge in [-0.15, -0.1) is 0 Å². The van der Waals surface area contributed by atoms with Crippen LogP contribution in [0.3, 0.4) is 0 Å². The first-order chi connectivity index (χ1) is 17.4. The van der Waals surface area contributed by atoms with Crippen LogP contribution in [0.5, 0.6) is 0 Å². The van der Waals surface area contributed by atoms with Crippen LogP contribution in [0.25, 0.3) is 0 Å². The Morgan fingerprint density at radius 2 is 1.97 bits per heavy atom. The molecule has 3 unspecified atom stereocenters. The van der Waals surface area contributed by atoms with E-state index in [1.54, 1.807) is 0 Å². The van der Waals surface area contributed by atoms with E-state index in [0.29, 0.717) is 30.1 Å². The number of hydrogen-bond acceptors (Lipinski definition) is 5. The molecule has 2 fully saturated rings. The first-order valence-electron chi connectivity index (χ1n) is 13.5. The number of anilines is 1. The lowest BCUT2D eigenvalue weighted by Crippen LogP contribution is -2.57. The number of amides is 3. The summed E-state index contributed by atoms with van der Waals surface area (Å²) in [6.07, 6.45) is 8.63. The minimum absolute atomic E-state index is 0.0154. The molecule has 0 spiro atoms. The lowest BCUT2D eigenvalue weighted by atomic mass is 9.81. The summed E-state index contributed by atoms with van der Waals surface area (Å²) in [6.45, 7) is 4.80. The highest BCUT2D eigenvalue weighted by molar-refractivity contribution is 6.30. The van der Waals surface area contributed by atoms with Crippen molar-refractivity contribution in [2.45, 2.75) is 76.4 Å². The molecule has 202 valence electrons. The molecular formula is C27H44ClN5O3. The molecule has 3 amide bonds. The molecule has 3 atom stereocenters. The average molecular weight is 522 g/mol. The zero-order valence-corrected chi connectivity index (χ0v) is 22.9. The van der Waals surface area contributed by atoms with Gasteiger partial charge >= 0.3 is 12.1 Å². The minimum atomic E-state index is -0.424. The number of urea groups is 1. The number of alkyl carbamates (subject to hydrolysis) is 1. The zero-order chi connectivity index (χ0) is 25.9. The number of ether oxygens (including phenoxy) is 1. The highest BCUT2D eigenvalue weighted by Crippen LogP contribution is 2.28. The number of halogens is 1. The number of piperidine rings is 1. The monoisotopic (exact) mass is 521 g/mol. The van der Waals surface area contributed by atoms with Crippen LogP contribution < -0.4 is 20.9 Å². The summed E-state index contributed by atoms with van der Waals surface area (Å²) in [5, 5.41) is 10.2. The molecule has 2 aliphatic rings. The maximum atomic E-state index is 13.3. The van der Waals surface area contributed by atoms with Gasteiger partial charge in [-0.3, -0.25) is 0 Å². The zero-order valence-electron chi connectivity index (χ0n) is 22.1. The van der Waals surface area contributed by atoms with Crippen LogP contribution in [0, 0.1) is 5.92 Å². The van der Waals surface area contributed by atoms with Crippen molar-refractivity contribution in [1.82, 2.24) is 20.9 Å². The molecule has 3 rings (SSSR count). The average Bonchev–Trinajstić information content (AvgIpc) is 2.89. The highest BCUT2D eigenvalue weighted by atomic mass is 35.5. The number of hydrogen-bond donors (Lipinski definition) is 3. The Hall–Kier alpha value is -2.19. The fourth-order valence-electron chi connectivity index (χ4n) is 5.85. The third-order valence-corrected chi connectivity index (χ3v) is 7.91. The topological polar surface area (TPSA) is 85.9 Å². The normalized spacial score (nSPS) is 20.3. The predicted molar refractivity (Wildman–Crippen MR) is 146 cm³/mol. The molecule has 1 heterocycles. The summed E-state index contributed by atoms with van der Waals surface area (Å²) in [7, 11) is 3.38. The molecule has 1 aliphatic carbocycles. The molecule has 3 N–H and O–H groups in total. The highest BCUT2D eigenvalue weighted by Gasteiger charge is 2.32. The molecule has 0 bridgehead atoms. The largest absolute Gasteiger partial charge is 0.453 e. The van der Waals surface area contributed by atoms with Gasteiger partial charge in [0.25, 0.3) is 0 Å². The third kappa shape index (κ3) is 8.17. The van der Waals surface area contributed by atoms with Gasteiger partial charge in [-0.2, -0.15) is 0 Å². The second-order valence-corrected chi connectivity index (χ2v) is 10.6. The predicted octanol–water partition coefficient (Wildman–Crippen LogP) is 4.62. The number of methoxy groups -OCH3 is 1. The molecule has 1 aromatic rings. The molecule has 8 nitrogen and oxygen atoms in total. The third-order valence-electron chi connectivity index (χ3n) is 7.68. The smallest absolute Gasteiger partial charge is 0.406 e.